The van der Waals surface area contributed by atoms with Gasteiger partial charge in [0.05, 0.1) is 10.6 Å². The van der Waals surface area contributed by atoms with Crippen molar-refractivity contribution in [1.82, 2.24) is 10.2 Å². The van der Waals surface area contributed by atoms with Gasteiger partial charge in [-0.15, -0.1) is 0 Å². The molecule has 0 aromatic heterocycles. The predicted octanol–water partition coefficient (Wildman–Crippen LogP) is 5.40. The summed E-state index contributed by atoms with van der Waals surface area (Å²) in [6, 6.07) is 21.9. The third-order valence-electron chi connectivity index (χ3n) is 6.35. The van der Waals surface area contributed by atoms with Crippen LogP contribution in [-0.2, 0) is 32.6 Å². The van der Waals surface area contributed by atoms with E-state index in [-0.39, 0.29) is 23.3 Å². The van der Waals surface area contributed by atoms with Gasteiger partial charge in [-0.2, -0.15) is 0 Å². The Morgan fingerprint density at radius 1 is 0.923 bits per heavy atom. The molecule has 1 N–H and O–H groups in total. The van der Waals surface area contributed by atoms with Crippen LogP contribution < -0.4 is 9.62 Å². The summed E-state index contributed by atoms with van der Waals surface area (Å²) < 4.78 is 29.8. The van der Waals surface area contributed by atoms with Gasteiger partial charge in [-0.1, -0.05) is 85.2 Å². The number of anilines is 1. The molecule has 39 heavy (non-hydrogen) atoms. The highest BCUT2D eigenvalue weighted by atomic mass is 79.9. The summed E-state index contributed by atoms with van der Waals surface area (Å²) in [6.45, 7) is 7.75. The fourth-order valence-corrected chi connectivity index (χ4v) is 6.07. The minimum Gasteiger partial charge on any atom is -0.354 e. The van der Waals surface area contributed by atoms with Crippen molar-refractivity contribution in [3.8, 4) is 0 Å². The van der Waals surface area contributed by atoms with Crippen LogP contribution in [0.4, 0.5) is 5.69 Å². The van der Waals surface area contributed by atoms with E-state index >= 15 is 0 Å². The van der Waals surface area contributed by atoms with E-state index in [1.165, 1.54) is 17.0 Å². The summed E-state index contributed by atoms with van der Waals surface area (Å²) in [5, 5.41) is 2.90. The molecule has 0 heterocycles. The van der Waals surface area contributed by atoms with Gasteiger partial charge in [0.15, 0.2) is 0 Å². The maximum Gasteiger partial charge on any atom is 0.264 e. The number of sulfonamides is 1. The summed E-state index contributed by atoms with van der Waals surface area (Å²) >= 11 is 3.46. The average Bonchev–Trinajstić information content (AvgIpc) is 2.93. The Labute approximate surface area is 240 Å². The number of halogens is 1. The number of hydrogen-bond acceptors (Lipinski definition) is 4. The normalized spacial score (nSPS) is 12.2. The van der Waals surface area contributed by atoms with Crippen LogP contribution in [-0.4, -0.2) is 44.3 Å². The first kappa shape index (κ1) is 30.4. The molecule has 0 saturated heterocycles. The van der Waals surface area contributed by atoms with E-state index in [2.05, 4.69) is 21.2 Å². The first-order valence-corrected chi connectivity index (χ1v) is 15.2. The minimum absolute atomic E-state index is 0.0879. The van der Waals surface area contributed by atoms with E-state index in [0.717, 1.165) is 19.9 Å². The van der Waals surface area contributed by atoms with Gasteiger partial charge in [0, 0.05) is 17.6 Å². The highest BCUT2D eigenvalue weighted by Crippen LogP contribution is 2.28. The Bertz CT molecular complexity index is 1380. The Morgan fingerprint density at radius 2 is 1.59 bits per heavy atom. The van der Waals surface area contributed by atoms with Crippen molar-refractivity contribution in [2.45, 2.75) is 51.6 Å². The van der Waals surface area contributed by atoms with Crippen molar-refractivity contribution >= 4 is 43.5 Å². The Kier molecular flexibility index (Phi) is 10.7. The second kappa shape index (κ2) is 13.8. The number of carbonyl (C=O) groups excluding carboxylic acids is 2. The Hall–Kier alpha value is -3.17. The molecule has 1 unspecified atom stereocenters. The van der Waals surface area contributed by atoms with Crippen molar-refractivity contribution < 1.29 is 18.0 Å². The van der Waals surface area contributed by atoms with Crippen LogP contribution in [0.25, 0.3) is 0 Å². The zero-order valence-electron chi connectivity index (χ0n) is 22.8. The summed E-state index contributed by atoms with van der Waals surface area (Å²) in [5.74, 6) is -0.529. The van der Waals surface area contributed by atoms with Crippen molar-refractivity contribution in [2.75, 3.05) is 17.4 Å². The predicted molar refractivity (Wildman–Crippen MR) is 159 cm³/mol. The lowest BCUT2D eigenvalue weighted by Gasteiger charge is -2.32. The van der Waals surface area contributed by atoms with Crippen LogP contribution in [0, 0.1) is 5.92 Å². The fraction of sp³-hybridized carbons (Fsp3) is 0.333. The van der Waals surface area contributed by atoms with Crippen LogP contribution >= 0.6 is 15.9 Å². The number of rotatable bonds is 12. The fourth-order valence-electron chi connectivity index (χ4n) is 4.15. The summed E-state index contributed by atoms with van der Waals surface area (Å²) in [7, 11) is -4.08. The lowest BCUT2D eigenvalue weighted by Crippen LogP contribution is -2.51. The SMILES string of the molecule is CCc1ccccc1N(CC(=O)N(Cc1cccc(Br)c1)C(C)C(=O)NCC(C)C)S(=O)(=O)c1ccccc1. The van der Waals surface area contributed by atoms with Crippen molar-refractivity contribution in [3.63, 3.8) is 0 Å². The van der Waals surface area contributed by atoms with Crippen LogP contribution in [0.5, 0.6) is 0 Å². The molecule has 3 aromatic rings. The third-order valence-corrected chi connectivity index (χ3v) is 8.61. The largest absolute Gasteiger partial charge is 0.354 e. The molecule has 0 aliphatic carbocycles. The van der Waals surface area contributed by atoms with Crippen LogP contribution in [0.1, 0.15) is 38.8 Å². The summed E-state index contributed by atoms with van der Waals surface area (Å²) in [6.07, 6.45) is 0.584. The minimum atomic E-state index is -4.08. The van der Waals surface area contributed by atoms with Gasteiger partial charge in [0.1, 0.15) is 12.6 Å². The number of benzene rings is 3. The number of nitrogens with zero attached hydrogens (tertiary/aromatic N) is 2. The summed E-state index contributed by atoms with van der Waals surface area (Å²) in [5.41, 5.74) is 2.05. The molecule has 3 aromatic carbocycles. The first-order valence-electron chi connectivity index (χ1n) is 13.0. The first-order chi connectivity index (χ1) is 18.5. The van der Waals surface area contributed by atoms with Gasteiger partial charge in [0.2, 0.25) is 11.8 Å². The molecule has 3 rings (SSSR count). The molecule has 2 amide bonds. The monoisotopic (exact) mass is 613 g/mol. The van der Waals surface area contributed by atoms with Crippen LogP contribution in [0.15, 0.2) is 88.2 Å². The molecular formula is C30H36BrN3O4S. The van der Waals surface area contributed by atoms with Gasteiger partial charge >= 0.3 is 0 Å². The van der Waals surface area contributed by atoms with Crippen molar-refractivity contribution in [3.05, 3.63) is 94.5 Å². The Balaban J connectivity index is 2.04. The Morgan fingerprint density at radius 3 is 2.23 bits per heavy atom. The van der Waals surface area contributed by atoms with E-state index in [1.807, 2.05) is 57.2 Å². The number of para-hydroxylation sites is 1. The molecule has 0 radical (unpaired) electrons. The molecule has 0 spiro atoms. The lowest BCUT2D eigenvalue weighted by atomic mass is 10.1. The van der Waals surface area contributed by atoms with Crippen LogP contribution in [0.3, 0.4) is 0 Å². The van der Waals surface area contributed by atoms with E-state index in [1.54, 1.807) is 37.3 Å². The number of amides is 2. The molecule has 0 bridgehead atoms. The second-order valence-electron chi connectivity index (χ2n) is 9.77. The van der Waals surface area contributed by atoms with E-state index in [0.29, 0.717) is 18.7 Å². The number of hydrogen-bond donors (Lipinski definition) is 1. The highest BCUT2D eigenvalue weighted by molar-refractivity contribution is 9.10. The van der Waals surface area contributed by atoms with E-state index in [4.69, 9.17) is 0 Å². The van der Waals surface area contributed by atoms with Gasteiger partial charge in [-0.25, -0.2) is 8.42 Å². The molecule has 0 aliphatic rings. The molecule has 7 nitrogen and oxygen atoms in total. The van der Waals surface area contributed by atoms with Gasteiger partial charge in [0.25, 0.3) is 10.0 Å². The highest BCUT2D eigenvalue weighted by Gasteiger charge is 2.33. The van der Waals surface area contributed by atoms with Gasteiger partial charge < -0.3 is 10.2 Å². The smallest absolute Gasteiger partial charge is 0.264 e. The quantitative estimate of drug-likeness (QED) is 0.296. The van der Waals surface area contributed by atoms with E-state index < -0.39 is 28.5 Å². The van der Waals surface area contributed by atoms with Gasteiger partial charge in [-0.3, -0.25) is 13.9 Å². The standard InChI is InChI=1S/C30H36BrN3O4S/c1-5-25-13-9-10-17-28(25)34(39(37,38)27-15-7-6-8-16-27)21-29(35)33(20-24-12-11-14-26(31)18-24)23(4)30(36)32-19-22(2)3/h6-18,22-23H,5,19-21H2,1-4H3,(H,32,36). The van der Waals surface area contributed by atoms with Crippen molar-refractivity contribution in [1.29, 1.82) is 0 Å². The maximum absolute atomic E-state index is 14.0. The average molecular weight is 615 g/mol. The molecule has 0 saturated carbocycles. The number of aryl methyl sites for hydroxylation is 1. The second-order valence-corrected chi connectivity index (χ2v) is 12.6. The molecule has 1 atom stereocenters. The maximum atomic E-state index is 14.0. The molecular weight excluding hydrogens is 578 g/mol. The molecule has 9 heteroatoms. The molecule has 0 fully saturated rings. The van der Waals surface area contributed by atoms with E-state index in [9.17, 15) is 18.0 Å². The zero-order valence-corrected chi connectivity index (χ0v) is 25.2. The molecule has 208 valence electrons. The summed E-state index contributed by atoms with van der Waals surface area (Å²) in [4.78, 5) is 28.6. The zero-order chi connectivity index (χ0) is 28.6. The third kappa shape index (κ3) is 7.92. The van der Waals surface area contributed by atoms with Crippen molar-refractivity contribution in [2.24, 2.45) is 5.92 Å². The lowest BCUT2D eigenvalue weighted by molar-refractivity contribution is -0.139. The number of nitrogens with one attached hydrogen (secondary N) is 1. The van der Waals surface area contributed by atoms with Crippen LogP contribution in [0.2, 0.25) is 0 Å². The topological polar surface area (TPSA) is 86.8 Å². The molecule has 0 aliphatic heterocycles. The van der Waals surface area contributed by atoms with Gasteiger partial charge in [-0.05, 0) is 60.7 Å². The number of carbonyl (C=O) groups is 2.